The summed E-state index contributed by atoms with van der Waals surface area (Å²) in [5.41, 5.74) is -0.627. The van der Waals surface area contributed by atoms with Crippen molar-refractivity contribution >= 4 is 12.4 Å². The van der Waals surface area contributed by atoms with Crippen LogP contribution < -0.4 is 5.32 Å². The van der Waals surface area contributed by atoms with Crippen molar-refractivity contribution in [2.75, 3.05) is 26.2 Å². The first-order valence-electron chi connectivity index (χ1n) is 7.60. The maximum absolute atomic E-state index is 14.2. The predicted molar refractivity (Wildman–Crippen MR) is 85.3 cm³/mol. The van der Waals surface area contributed by atoms with Crippen LogP contribution in [-0.4, -0.2) is 31.1 Å². The summed E-state index contributed by atoms with van der Waals surface area (Å²) in [5, 5.41) is 3.21. The van der Waals surface area contributed by atoms with E-state index in [2.05, 4.69) is 10.2 Å². The molecule has 0 aromatic heterocycles. The van der Waals surface area contributed by atoms with Crippen LogP contribution in [0, 0.1) is 11.7 Å². The molecule has 23 heavy (non-hydrogen) atoms. The number of hydrogen-bond acceptors (Lipinski definition) is 2. The van der Waals surface area contributed by atoms with Crippen molar-refractivity contribution in [2.45, 2.75) is 32.5 Å². The van der Waals surface area contributed by atoms with Crippen molar-refractivity contribution in [3.05, 3.63) is 35.1 Å². The molecule has 1 aromatic rings. The lowest BCUT2D eigenvalue weighted by molar-refractivity contribution is -0.137. The summed E-state index contributed by atoms with van der Waals surface area (Å²) in [7, 11) is 0. The Labute approximate surface area is 140 Å². The zero-order valence-corrected chi connectivity index (χ0v) is 14.1. The summed E-state index contributed by atoms with van der Waals surface area (Å²) < 4.78 is 53.0. The number of alkyl halides is 3. The van der Waals surface area contributed by atoms with Crippen LogP contribution in [0.3, 0.4) is 0 Å². The van der Waals surface area contributed by atoms with Gasteiger partial charge >= 0.3 is 6.18 Å². The van der Waals surface area contributed by atoms with Crippen molar-refractivity contribution in [1.29, 1.82) is 0 Å². The minimum Gasteiger partial charge on any atom is -0.314 e. The molecule has 0 saturated carbocycles. The van der Waals surface area contributed by atoms with Crippen molar-refractivity contribution < 1.29 is 17.6 Å². The number of nitrogens with one attached hydrogen (secondary N) is 1. The Kier molecular flexibility index (Phi) is 7.29. The minimum atomic E-state index is -4.45. The van der Waals surface area contributed by atoms with Crippen LogP contribution in [0.1, 0.15) is 37.4 Å². The van der Waals surface area contributed by atoms with Crippen molar-refractivity contribution in [1.82, 2.24) is 10.2 Å². The van der Waals surface area contributed by atoms with Gasteiger partial charge in [-0.1, -0.05) is 13.8 Å². The van der Waals surface area contributed by atoms with E-state index >= 15 is 0 Å². The van der Waals surface area contributed by atoms with E-state index in [-0.39, 0.29) is 29.9 Å². The van der Waals surface area contributed by atoms with Crippen LogP contribution >= 0.6 is 12.4 Å². The Hall–Kier alpha value is -0.850. The summed E-state index contributed by atoms with van der Waals surface area (Å²) in [5.74, 6) is -0.286. The fourth-order valence-corrected chi connectivity index (χ4v) is 2.89. The van der Waals surface area contributed by atoms with Crippen LogP contribution in [0.5, 0.6) is 0 Å². The van der Waals surface area contributed by atoms with Gasteiger partial charge in [-0.2, -0.15) is 13.2 Å². The van der Waals surface area contributed by atoms with E-state index in [0.29, 0.717) is 19.5 Å². The molecular weight excluding hydrogens is 332 g/mol. The third-order valence-electron chi connectivity index (χ3n) is 3.97. The van der Waals surface area contributed by atoms with Gasteiger partial charge in [0, 0.05) is 37.8 Å². The highest BCUT2D eigenvalue weighted by atomic mass is 35.5. The Morgan fingerprint density at radius 2 is 1.78 bits per heavy atom. The molecule has 0 bridgehead atoms. The molecule has 0 amide bonds. The first-order valence-corrected chi connectivity index (χ1v) is 7.60. The van der Waals surface area contributed by atoms with Gasteiger partial charge in [0.1, 0.15) is 5.82 Å². The Morgan fingerprint density at radius 3 is 2.30 bits per heavy atom. The zero-order valence-electron chi connectivity index (χ0n) is 13.3. The van der Waals surface area contributed by atoms with E-state index in [1.165, 1.54) is 0 Å². The van der Waals surface area contributed by atoms with Gasteiger partial charge in [0.15, 0.2) is 0 Å². The number of benzene rings is 1. The lowest BCUT2D eigenvalue weighted by Gasteiger charge is -2.36. The SMILES string of the molecule is CC(C)C[C@H](c1cc(C(F)(F)F)ccc1F)N1CCNCC1.Cl. The molecule has 0 unspecified atom stereocenters. The maximum Gasteiger partial charge on any atom is 0.416 e. The summed E-state index contributed by atoms with van der Waals surface area (Å²) >= 11 is 0. The second kappa shape index (κ2) is 8.31. The molecule has 0 radical (unpaired) electrons. The molecule has 0 spiro atoms. The Morgan fingerprint density at radius 1 is 1.17 bits per heavy atom. The van der Waals surface area contributed by atoms with Crippen LogP contribution in [0.2, 0.25) is 0 Å². The fraction of sp³-hybridized carbons (Fsp3) is 0.625. The van der Waals surface area contributed by atoms with E-state index in [1.54, 1.807) is 0 Å². The standard InChI is InChI=1S/C16H22F4N2.ClH/c1-11(2)9-15(22-7-5-21-6-8-22)13-10-12(16(18,19)20)3-4-14(13)17;/h3-4,10-11,15,21H,5-9H2,1-2H3;1H/t15-;/m1./s1. The van der Waals surface area contributed by atoms with E-state index in [9.17, 15) is 17.6 Å². The van der Waals surface area contributed by atoms with Gasteiger partial charge in [0.25, 0.3) is 0 Å². The van der Waals surface area contributed by atoms with Crippen LogP contribution in [0.15, 0.2) is 18.2 Å². The van der Waals surface area contributed by atoms with Gasteiger partial charge in [-0.25, -0.2) is 4.39 Å². The van der Waals surface area contributed by atoms with Gasteiger partial charge in [0.05, 0.1) is 5.56 Å². The van der Waals surface area contributed by atoms with E-state index in [1.807, 2.05) is 13.8 Å². The van der Waals surface area contributed by atoms with Gasteiger partial charge in [-0.05, 0) is 30.5 Å². The molecule has 1 aliphatic rings. The quantitative estimate of drug-likeness (QED) is 0.813. The largest absolute Gasteiger partial charge is 0.416 e. The molecule has 0 aliphatic carbocycles. The lowest BCUT2D eigenvalue weighted by atomic mass is 9.93. The average molecular weight is 355 g/mol. The first-order chi connectivity index (χ1) is 10.3. The van der Waals surface area contributed by atoms with Gasteiger partial charge in [-0.3, -0.25) is 4.90 Å². The van der Waals surface area contributed by atoms with Crippen molar-refractivity contribution in [3.8, 4) is 0 Å². The number of nitrogens with zero attached hydrogens (tertiary/aromatic N) is 1. The monoisotopic (exact) mass is 354 g/mol. The van der Waals surface area contributed by atoms with Crippen LogP contribution in [0.4, 0.5) is 17.6 Å². The van der Waals surface area contributed by atoms with Gasteiger partial charge in [-0.15, -0.1) is 12.4 Å². The molecule has 1 heterocycles. The molecule has 1 aromatic carbocycles. The van der Waals surface area contributed by atoms with Crippen LogP contribution in [-0.2, 0) is 6.18 Å². The normalized spacial score (nSPS) is 17.9. The van der Waals surface area contributed by atoms with E-state index in [0.717, 1.165) is 31.3 Å². The van der Waals surface area contributed by atoms with Gasteiger partial charge < -0.3 is 5.32 Å². The second-order valence-electron chi connectivity index (χ2n) is 6.17. The van der Waals surface area contributed by atoms with Crippen LogP contribution in [0.25, 0.3) is 0 Å². The van der Waals surface area contributed by atoms with E-state index < -0.39 is 17.6 Å². The molecule has 1 fully saturated rings. The molecule has 1 aliphatic heterocycles. The third kappa shape index (κ3) is 5.33. The number of halogens is 5. The number of rotatable bonds is 4. The molecule has 132 valence electrons. The highest BCUT2D eigenvalue weighted by Crippen LogP contribution is 2.35. The molecular formula is C16H23ClF4N2. The first kappa shape index (κ1) is 20.2. The number of piperazine rings is 1. The fourth-order valence-electron chi connectivity index (χ4n) is 2.89. The topological polar surface area (TPSA) is 15.3 Å². The molecule has 7 heteroatoms. The predicted octanol–water partition coefficient (Wildman–Crippen LogP) is 4.26. The Bertz CT molecular complexity index is 499. The molecule has 1 saturated heterocycles. The van der Waals surface area contributed by atoms with Gasteiger partial charge in [0.2, 0.25) is 0 Å². The lowest BCUT2D eigenvalue weighted by Crippen LogP contribution is -2.45. The number of hydrogen-bond donors (Lipinski definition) is 1. The second-order valence-corrected chi connectivity index (χ2v) is 6.17. The molecule has 1 atom stereocenters. The average Bonchev–Trinajstić information content (AvgIpc) is 2.45. The smallest absolute Gasteiger partial charge is 0.314 e. The molecule has 2 rings (SSSR count). The highest BCUT2D eigenvalue weighted by molar-refractivity contribution is 5.85. The zero-order chi connectivity index (χ0) is 16.3. The summed E-state index contributed by atoms with van der Waals surface area (Å²) in [6, 6.07) is 2.41. The summed E-state index contributed by atoms with van der Waals surface area (Å²) in [4.78, 5) is 2.08. The minimum absolute atomic E-state index is 0. The Balaban J connectivity index is 0.00000264. The molecule has 2 nitrogen and oxygen atoms in total. The molecule has 1 N–H and O–H groups in total. The summed E-state index contributed by atoms with van der Waals surface area (Å²) in [6.45, 7) is 6.98. The highest BCUT2D eigenvalue weighted by Gasteiger charge is 2.33. The van der Waals surface area contributed by atoms with Crippen molar-refractivity contribution in [2.24, 2.45) is 5.92 Å². The van der Waals surface area contributed by atoms with E-state index in [4.69, 9.17) is 0 Å². The van der Waals surface area contributed by atoms with Crippen molar-refractivity contribution in [3.63, 3.8) is 0 Å². The maximum atomic E-state index is 14.2. The third-order valence-corrected chi connectivity index (χ3v) is 3.97. The summed E-state index contributed by atoms with van der Waals surface area (Å²) in [6.07, 6.45) is -3.81.